The second-order valence-electron chi connectivity index (χ2n) is 5.59. The molecule has 2 rings (SSSR count). The molecule has 142 valence electrons. The number of esters is 1. The maximum atomic E-state index is 11.9. The molecule has 2 aromatic rings. The Hall–Kier alpha value is -2.57. The summed E-state index contributed by atoms with van der Waals surface area (Å²) in [5, 5.41) is 6.31. The third-order valence-electron chi connectivity index (χ3n) is 3.42. The van der Waals surface area contributed by atoms with Crippen LogP contribution < -0.4 is 10.6 Å². The van der Waals surface area contributed by atoms with E-state index < -0.39 is 11.9 Å². The molecular formula is C19H18Cl2N2O4. The number of carbonyl (C=O) groups is 3. The fourth-order valence-corrected chi connectivity index (χ4v) is 2.44. The van der Waals surface area contributed by atoms with Crippen LogP contribution in [0.1, 0.15) is 23.2 Å². The number of amides is 2. The second-order valence-corrected chi connectivity index (χ2v) is 6.46. The third kappa shape index (κ3) is 7.68. The van der Waals surface area contributed by atoms with Crippen molar-refractivity contribution in [3.05, 3.63) is 64.1 Å². The first-order chi connectivity index (χ1) is 12.9. The van der Waals surface area contributed by atoms with E-state index in [2.05, 4.69) is 10.6 Å². The van der Waals surface area contributed by atoms with E-state index in [1.807, 2.05) is 0 Å². The minimum Gasteiger partial charge on any atom is -0.456 e. The van der Waals surface area contributed by atoms with Gasteiger partial charge < -0.3 is 15.4 Å². The largest absolute Gasteiger partial charge is 0.456 e. The first-order valence-electron chi connectivity index (χ1n) is 8.19. The quantitative estimate of drug-likeness (QED) is 0.515. The van der Waals surface area contributed by atoms with Gasteiger partial charge in [0.25, 0.3) is 11.8 Å². The molecule has 0 saturated carbocycles. The van der Waals surface area contributed by atoms with Crippen LogP contribution in [0.4, 0.5) is 5.69 Å². The molecule has 0 bridgehead atoms. The van der Waals surface area contributed by atoms with E-state index in [-0.39, 0.29) is 18.9 Å². The fraction of sp³-hybridized carbons (Fsp3) is 0.211. The van der Waals surface area contributed by atoms with E-state index in [0.29, 0.717) is 34.3 Å². The molecule has 0 unspecified atom stereocenters. The van der Waals surface area contributed by atoms with Crippen molar-refractivity contribution in [2.75, 3.05) is 18.5 Å². The van der Waals surface area contributed by atoms with Crippen LogP contribution in [0.3, 0.4) is 0 Å². The van der Waals surface area contributed by atoms with E-state index in [1.54, 1.807) is 48.5 Å². The highest BCUT2D eigenvalue weighted by molar-refractivity contribution is 6.31. The number of anilines is 1. The summed E-state index contributed by atoms with van der Waals surface area (Å²) in [6.45, 7) is -0.0756. The molecule has 0 heterocycles. The predicted octanol–water partition coefficient (Wildman–Crippen LogP) is 3.69. The van der Waals surface area contributed by atoms with Crippen LogP contribution in [0, 0.1) is 0 Å². The van der Waals surface area contributed by atoms with Crippen molar-refractivity contribution in [3.8, 4) is 0 Å². The van der Waals surface area contributed by atoms with Crippen LogP contribution >= 0.6 is 23.2 Å². The minimum absolute atomic E-state index is 0.0886. The average molecular weight is 409 g/mol. The standard InChI is InChI=1S/C19H18Cl2N2O4/c20-14-8-6-13(7-9-14)19(26)22-10-2-5-18(25)27-12-17(24)23-16-4-1-3-15(21)11-16/h1,3-4,6-9,11H,2,5,10,12H2,(H,22,26)(H,23,24). The van der Waals surface area contributed by atoms with Gasteiger partial charge in [-0.25, -0.2) is 0 Å². The lowest BCUT2D eigenvalue weighted by atomic mass is 10.2. The number of ether oxygens (including phenoxy) is 1. The van der Waals surface area contributed by atoms with Gasteiger partial charge in [0.05, 0.1) is 0 Å². The molecule has 2 N–H and O–H groups in total. The van der Waals surface area contributed by atoms with E-state index in [1.165, 1.54) is 0 Å². The Labute approximate surface area is 166 Å². The summed E-state index contributed by atoms with van der Waals surface area (Å²) in [5.74, 6) is -1.22. The second kappa shape index (κ2) is 10.5. The van der Waals surface area contributed by atoms with E-state index in [4.69, 9.17) is 27.9 Å². The van der Waals surface area contributed by atoms with Gasteiger partial charge in [-0.2, -0.15) is 0 Å². The summed E-state index contributed by atoms with van der Waals surface area (Å²) in [6, 6.07) is 13.1. The molecule has 2 amide bonds. The summed E-state index contributed by atoms with van der Waals surface area (Å²) in [6.07, 6.45) is 0.486. The Morgan fingerprint density at radius 3 is 2.41 bits per heavy atom. The van der Waals surface area contributed by atoms with Gasteiger partial charge in [-0.15, -0.1) is 0 Å². The van der Waals surface area contributed by atoms with Crippen molar-refractivity contribution in [1.29, 1.82) is 0 Å². The first kappa shape index (κ1) is 20.7. The van der Waals surface area contributed by atoms with Crippen LogP contribution in [0.5, 0.6) is 0 Å². The number of nitrogens with one attached hydrogen (secondary N) is 2. The zero-order valence-electron chi connectivity index (χ0n) is 14.3. The lowest BCUT2D eigenvalue weighted by Crippen LogP contribution is -2.25. The SMILES string of the molecule is O=C(COC(=O)CCCNC(=O)c1ccc(Cl)cc1)Nc1cccc(Cl)c1. The topological polar surface area (TPSA) is 84.5 Å². The maximum Gasteiger partial charge on any atom is 0.306 e. The average Bonchev–Trinajstić information content (AvgIpc) is 2.64. The lowest BCUT2D eigenvalue weighted by Gasteiger charge is -2.07. The molecule has 0 aliphatic carbocycles. The van der Waals surface area contributed by atoms with Crippen LogP contribution in [0.25, 0.3) is 0 Å². The first-order valence-corrected chi connectivity index (χ1v) is 8.94. The van der Waals surface area contributed by atoms with Crippen molar-refractivity contribution in [2.45, 2.75) is 12.8 Å². The third-order valence-corrected chi connectivity index (χ3v) is 3.91. The van der Waals surface area contributed by atoms with Gasteiger partial charge in [0.1, 0.15) is 0 Å². The van der Waals surface area contributed by atoms with E-state index in [0.717, 1.165) is 0 Å². The molecule has 0 atom stereocenters. The van der Waals surface area contributed by atoms with Crippen LogP contribution in [-0.2, 0) is 14.3 Å². The van der Waals surface area contributed by atoms with Crippen molar-refractivity contribution < 1.29 is 19.1 Å². The van der Waals surface area contributed by atoms with Gasteiger partial charge in [-0.1, -0.05) is 29.3 Å². The van der Waals surface area contributed by atoms with Gasteiger partial charge in [0, 0.05) is 34.3 Å². The number of rotatable bonds is 8. The van der Waals surface area contributed by atoms with Crippen LogP contribution in [-0.4, -0.2) is 30.9 Å². The normalized spacial score (nSPS) is 10.1. The summed E-state index contributed by atoms with van der Waals surface area (Å²) in [5.41, 5.74) is 1.01. The smallest absolute Gasteiger partial charge is 0.306 e. The zero-order valence-corrected chi connectivity index (χ0v) is 15.8. The number of hydrogen-bond donors (Lipinski definition) is 2. The highest BCUT2D eigenvalue weighted by atomic mass is 35.5. The fourth-order valence-electron chi connectivity index (χ4n) is 2.12. The molecule has 6 nitrogen and oxygen atoms in total. The molecular weight excluding hydrogens is 391 g/mol. The Bertz CT molecular complexity index is 810. The van der Waals surface area contributed by atoms with Crippen LogP contribution in [0.15, 0.2) is 48.5 Å². The van der Waals surface area contributed by atoms with Crippen molar-refractivity contribution in [2.24, 2.45) is 0 Å². The molecule has 27 heavy (non-hydrogen) atoms. The van der Waals surface area contributed by atoms with Crippen LogP contribution in [0.2, 0.25) is 10.0 Å². The zero-order chi connectivity index (χ0) is 19.6. The number of benzene rings is 2. The van der Waals surface area contributed by atoms with Crippen molar-refractivity contribution in [1.82, 2.24) is 5.32 Å². The van der Waals surface area contributed by atoms with Gasteiger partial charge in [0.2, 0.25) is 0 Å². The maximum absolute atomic E-state index is 11.9. The van der Waals surface area contributed by atoms with E-state index >= 15 is 0 Å². The molecule has 0 spiro atoms. The predicted molar refractivity (Wildman–Crippen MR) is 104 cm³/mol. The highest BCUT2D eigenvalue weighted by Gasteiger charge is 2.09. The van der Waals surface area contributed by atoms with Crippen molar-refractivity contribution in [3.63, 3.8) is 0 Å². The molecule has 0 aliphatic heterocycles. The number of hydrogen-bond acceptors (Lipinski definition) is 4. The molecule has 0 radical (unpaired) electrons. The monoisotopic (exact) mass is 408 g/mol. The summed E-state index contributed by atoms with van der Waals surface area (Å²) in [4.78, 5) is 35.3. The van der Waals surface area contributed by atoms with Gasteiger partial charge in [0.15, 0.2) is 6.61 Å². The Morgan fingerprint density at radius 2 is 1.70 bits per heavy atom. The van der Waals surface area contributed by atoms with Gasteiger partial charge in [-0.3, -0.25) is 14.4 Å². The molecule has 0 aliphatic rings. The molecule has 0 saturated heterocycles. The molecule has 0 fully saturated rings. The summed E-state index contributed by atoms with van der Waals surface area (Å²) >= 11 is 11.6. The molecule has 0 aromatic heterocycles. The molecule has 8 heteroatoms. The Balaban J connectivity index is 1.61. The van der Waals surface area contributed by atoms with Crippen molar-refractivity contribution >= 4 is 46.7 Å². The Kier molecular flexibility index (Phi) is 8.10. The highest BCUT2D eigenvalue weighted by Crippen LogP contribution is 2.14. The van der Waals surface area contributed by atoms with E-state index in [9.17, 15) is 14.4 Å². The van der Waals surface area contributed by atoms with Gasteiger partial charge >= 0.3 is 5.97 Å². The minimum atomic E-state index is -0.517. The number of carbonyl (C=O) groups excluding carboxylic acids is 3. The summed E-state index contributed by atoms with van der Waals surface area (Å²) in [7, 11) is 0. The van der Waals surface area contributed by atoms with Gasteiger partial charge in [-0.05, 0) is 48.9 Å². The summed E-state index contributed by atoms with van der Waals surface area (Å²) < 4.78 is 4.90. The molecule has 2 aromatic carbocycles. The number of halogens is 2. The Morgan fingerprint density at radius 1 is 0.963 bits per heavy atom. The lowest BCUT2D eigenvalue weighted by molar-refractivity contribution is -0.147.